The molecular formula is C9H6N4S. The number of hydrogen-bond donors (Lipinski definition) is 1. The first-order valence-electron chi connectivity index (χ1n) is 4.13. The van der Waals surface area contributed by atoms with E-state index in [1.807, 2.05) is 17.6 Å². The van der Waals surface area contributed by atoms with Gasteiger partial charge in [0.05, 0.1) is 15.7 Å². The number of H-pyrrole nitrogens is 1. The molecule has 0 aliphatic carbocycles. The van der Waals surface area contributed by atoms with Crippen LogP contribution in [0.3, 0.4) is 0 Å². The van der Waals surface area contributed by atoms with Crippen LogP contribution in [0.2, 0.25) is 0 Å². The van der Waals surface area contributed by atoms with Crippen molar-refractivity contribution in [3.8, 4) is 11.4 Å². The molecule has 3 aromatic rings. The summed E-state index contributed by atoms with van der Waals surface area (Å²) in [7, 11) is 0. The van der Waals surface area contributed by atoms with Gasteiger partial charge in [-0.25, -0.2) is 4.98 Å². The Morgan fingerprint density at radius 1 is 1.29 bits per heavy atom. The second kappa shape index (κ2) is 2.88. The molecule has 1 aromatic carbocycles. The highest BCUT2D eigenvalue weighted by Gasteiger charge is 2.02. The zero-order valence-electron chi connectivity index (χ0n) is 7.14. The molecule has 0 fully saturated rings. The molecule has 4 nitrogen and oxygen atoms in total. The molecule has 1 N–H and O–H groups in total. The van der Waals surface area contributed by atoms with Crippen LogP contribution >= 0.6 is 11.3 Å². The molecule has 0 radical (unpaired) electrons. The van der Waals surface area contributed by atoms with Gasteiger partial charge in [0.1, 0.15) is 6.33 Å². The predicted molar refractivity (Wildman–Crippen MR) is 55.0 cm³/mol. The molecule has 0 unspecified atom stereocenters. The maximum absolute atomic E-state index is 4.21. The molecule has 0 aliphatic rings. The van der Waals surface area contributed by atoms with Gasteiger partial charge in [0.15, 0.2) is 5.82 Å². The van der Waals surface area contributed by atoms with Crippen molar-refractivity contribution in [3.63, 3.8) is 0 Å². The predicted octanol–water partition coefficient (Wildman–Crippen LogP) is 2.08. The van der Waals surface area contributed by atoms with Crippen molar-refractivity contribution in [1.82, 2.24) is 20.2 Å². The number of benzene rings is 1. The van der Waals surface area contributed by atoms with Crippen molar-refractivity contribution in [1.29, 1.82) is 0 Å². The third kappa shape index (κ3) is 1.10. The van der Waals surface area contributed by atoms with Gasteiger partial charge in [-0.3, -0.25) is 0 Å². The number of aromatic amines is 1. The van der Waals surface area contributed by atoms with Crippen LogP contribution in [0, 0.1) is 0 Å². The van der Waals surface area contributed by atoms with E-state index in [-0.39, 0.29) is 0 Å². The Kier molecular flexibility index (Phi) is 1.57. The summed E-state index contributed by atoms with van der Waals surface area (Å²) >= 11 is 1.63. The molecule has 0 spiro atoms. The van der Waals surface area contributed by atoms with Crippen LogP contribution in [-0.4, -0.2) is 20.2 Å². The largest absolute Gasteiger partial charge is 0.328 e. The molecule has 0 amide bonds. The lowest BCUT2D eigenvalue weighted by atomic mass is 10.2. The third-order valence-electron chi connectivity index (χ3n) is 2.02. The zero-order chi connectivity index (χ0) is 9.38. The smallest absolute Gasteiger partial charge is 0.161 e. The number of rotatable bonds is 1. The molecule has 0 atom stereocenters. The Hall–Kier alpha value is -1.75. The topological polar surface area (TPSA) is 54.5 Å². The van der Waals surface area contributed by atoms with Crippen molar-refractivity contribution < 1.29 is 0 Å². The average molecular weight is 202 g/mol. The van der Waals surface area contributed by atoms with Gasteiger partial charge in [-0.1, -0.05) is 0 Å². The fraction of sp³-hybridized carbons (Fsp3) is 0. The second-order valence-electron chi connectivity index (χ2n) is 2.87. The SMILES string of the molecule is c1nnc(-c2ccc3ncsc3c2)[nH]1. The van der Waals surface area contributed by atoms with E-state index in [1.54, 1.807) is 17.7 Å². The number of nitrogens with zero attached hydrogens (tertiary/aromatic N) is 3. The van der Waals surface area contributed by atoms with Crippen LogP contribution in [-0.2, 0) is 0 Å². The molecule has 0 saturated heterocycles. The fourth-order valence-corrected chi connectivity index (χ4v) is 2.07. The van der Waals surface area contributed by atoms with Gasteiger partial charge in [0, 0.05) is 5.56 Å². The van der Waals surface area contributed by atoms with E-state index in [9.17, 15) is 0 Å². The van der Waals surface area contributed by atoms with E-state index >= 15 is 0 Å². The van der Waals surface area contributed by atoms with E-state index in [0.717, 1.165) is 16.9 Å². The maximum Gasteiger partial charge on any atom is 0.161 e. The number of aromatic nitrogens is 4. The first kappa shape index (κ1) is 7.64. The summed E-state index contributed by atoms with van der Waals surface area (Å²) in [5.41, 5.74) is 3.91. The van der Waals surface area contributed by atoms with Gasteiger partial charge in [-0.15, -0.1) is 21.5 Å². The lowest BCUT2D eigenvalue weighted by Gasteiger charge is -1.94. The fourth-order valence-electron chi connectivity index (χ4n) is 1.35. The summed E-state index contributed by atoms with van der Waals surface area (Å²) in [4.78, 5) is 7.19. The number of nitrogens with one attached hydrogen (secondary N) is 1. The molecule has 2 aromatic heterocycles. The lowest BCUT2D eigenvalue weighted by molar-refractivity contribution is 1.10. The van der Waals surface area contributed by atoms with Crippen molar-refractivity contribution in [2.24, 2.45) is 0 Å². The standard InChI is InChI=1S/C9H6N4S/c1-2-7-8(14-5-11-7)3-6(1)9-10-4-12-13-9/h1-5H,(H,10,12,13). The van der Waals surface area contributed by atoms with Crippen molar-refractivity contribution in [2.45, 2.75) is 0 Å². The first-order chi connectivity index (χ1) is 6.93. The molecule has 5 heteroatoms. The van der Waals surface area contributed by atoms with Crippen LogP contribution < -0.4 is 0 Å². The minimum atomic E-state index is 0.792. The van der Waals surface area contributed by atoms with E-state index in [0.29, 0.717) is 0 Å². The van der Waals surface area contributed by atoms with Gasteiger partial charge in [-0.05, 0) is 18.2 Å². The molecular weight excluding hydrogens is 196 g/mol. The average Bonchev–Trinajstić information content (AvgIpc) is 2.88. The molecule has 0 bridgehead atoms. The Morgan fingerprint density at radius 3 is 3.14 bits per heavy atom. The quantitative estimate of drug-likeness (QED) is 0.657. The van der Waals surface area contributed by atoms with Gasteiger partial charge in [0.25, 0.3) is 0 Å². The van der Waals surface area contributed by atoms with Gasteiger partial charge < -0.3 is 4.98 Å². The van der Waals surface area contributed by atoms with Crippen molar-refractivity contribution >= 4 is 21.6 Å². The van der Waals surface area contributed by atoms with Crippen LogP contribution in [0.25, 0.3) is 21.6 Å². The van der Waals surface area contributed by atoms with E-state index in [4.69, 9.17) is 0 Å². The number of hydrogen-bond acceptors (Lipinski definition) is 4. The van der Waals surface area contributed by atoms with Crippen LogP contribution in [0.4, 0.5) is 0 Å². The minimum Gasteiger partial charge on any atom is -0.328 e. The van der Waals surface area contributed by atoms with Gasteiger partial charge in [-0.2, -0.15) is 0 Å². The first-order valence-corrected chi connectivity index (χ1v) is 5.01. The Bertz CT molecular complexity index is 555. The Balaban J connectivity index is 2.23. The highest BCUT2D eigenvalue weighted by atomic mass is 32.1. The highest BCUT2D eigenvalue weighted by Crippen LogP contribution is 2.23. The molecule has 0 saturated carbocycles. The highest BCUT2D eigenvalue weighted by molar-refractivity contribution is 7.16. The second-order valence-corrected chi connectivity index (χ2v) is 3.76. The molecule has 3 rings (SSSR count). The van der Waals surface area contributed by atoms with E-state index in [2.05, 4.69) is 26.2 Å². The van der Waals surface area contributed by atoms with Crippen molar-refractivity contribution in [3.05, 3.63) is 30.0 Å². The summed E-state index contributed by atoms with van der Waals surface area (Å²) in [5, 5.41) is 7.70. The van der Waals surface area contributed by atoms with E-state index in [1.165, 1.54) is 4.70 Å². The molecule has 2 heterocycles. The van der Waals surface area contributed by atoms with Crippen molar-refractivity contribution in [2.75, 3.05) is 0 Å². The summed E-state index contributed by atoms with van der Waals surface area (Å²) < 4.78 is 1.17. The summed E-state index contributed by atoms with van der Waals surface area (Å²) in [5.74, 6) is 0.792. The van der Waals surface area contributed by atoms with E-state index < -0.39 is 0 Å². The molecule has 0 aliphatic heterocycles. The van der Waals surface area contributed by atoms with Crippen LogP contribution in [0.5, 0.6) is 0 Å². The van der Waals surface area contributed by atoms with Gasteiger partial charge >= 0.3 is 0 Å². The zero-order valence-corrected chi connectivity index (χ0v) is 7.95. The third-order valence-corrected chi connectivity index (χ3v) is 2.81. The lowest BCUT2D eigenvalue weighted by Crippen LogP contribution is -1.79. The van der Waals surface area contributed by atoms with Crippen LogP contribution in [0.15, 0.2) is 30.0 Å². The normalized spacial score (nSPS) is 10.9. The number of thiazole rings is 1. The molecule has 14 heavy (non-hydrogen) atoms. The summed E-state index contributed by atoms with van der Waals surface area (Å²) in [6.07, 6.45) is 1.58. The van der Waals surface area contributed by atoms with Crippen LogP contribution in [0.1, 0.15) is 0 Å². The van der Waals surface area contributed by atoms with Gasteiger partial charge in [0.2, 0.25) is 0 Å². The number of fused-ring (bicyclic) bond motifs is 1. The summed E-state index contributed by atoms with van der Waals surface area (Å²) in [6, 6.07) is 6.04. The Morgan fingerprint density at radius 2 is 2.29 bits per heavy atom. The monoisotopic (exact) mass is 202 g/mol. The minimum absolute atomic E-state index is 0.792. The Labute approximate surface area is 83.6 Å². The summed E-state index contributed by atoms with van der Waals surface area (Å²) in [6.45, 7) is 0. The maximum atomic E-state index is 4.21. The molecule has 68 valence electrons.